The number of benzene rings is 1. The first-order valence-corrected chi connectivity index (χ1v) is 6.11. The molecule has 102 valence electrons. The van der Waals surface area contributed by atoms with Gasteiger partial charge in [-0.2, -0.15) is 5.26 Å². The molecular formula is C15H14FN3O. The first kappa shape index (κ1) is 14.0. The number of ether oxygens (including phenoxy) is 1. The van der Waals surface area contributed by atoms with Crippen LogP contribution in [0.25, 0.3) is 0 Å². The highest BCUT2D eigenvalue weighted by Gasteiger charge is 2.03. The van der Waals surface area contributed by atoms with Crippen LogP contribution in [-0.2, 0) is 13.1 Å². The molecule has 5 heteroatoms. The molecular weight excluding hydrogens is 257 g/mol. The second-order valence-corrected chi connectivity index (χ2v) is 4.23. The van der Waals surface area contributed by atoms with Gasteiger partial charge in [-0.3, -0.25) is 0 Å². The highest BCUT2D eigenvalue weighted by Crippen LogP contribution is 2.11. The standard InChI is InChI=1S/C15H14FN3O/c1-20-15-5-2-11(9-19-15)8-18-10-13-6-14(16)4-3-12(13)7-17/h2-6,9,18H,8,10H2,1H3. The van der Waals surface area contributed by atoms with E-state index in [1.165, 1.54) is 18.2 Å². The molecule has 2 rings (SSSR count). The van der Waals surface area contributed by atoms with E-state index in [-0.39, 0.29) is 5.82 Å². The Labute approximate surface area is 116 Å². The highest BCUT2D eigenvalue weighted by molar-refractivity contribution is 5.37. The normalized spacial score (nSPS) is 10.1. The SMILES string of the molecule is COc1ccc(CNCc2cc(F)ccc2C#N)cn1. The molecule has 2 aromatic rings. The van der Waals surface area contributed by atoms with Crippen molar-refractivity contribution >= 4 is 0 Å². The first-order chi connectivity index (χ1) is 9.72. The molecule has 0 aliphatic heterocycles. The molecule has 0 fully saturated rings. The largest absolute Gasteiger partial charge is 0.481 e. The van der Waals surface area contributed by atoms with Crippen molar-refractivity contribution in [2.45, 2.75) is 13.1 Å². The maximum Gasteiger partial charge on any atom is 0.212 e. The number of hydrogen-bond acceptors (Lipinski definition) is 4. The third-order valence-electron chi connectivity index (χ3n) is 2.84. The summed E-state index contributed by atoms with van der Waals surface area (Å²) in [5.41, 5.74) is 2.11. The summed E-state index contributed by atoms with van der Waals surface area (Å²) in [5.74, 6) is 0.220. The maximum absolute atomic E-state index is 13.2. The third-order valence-corrected chi connectivity index (χ3v) is 2.84. The number of hydrogen-bond donors (Lipinski definition) is 1. The Bertz CT molecular complexity index is 620. The van der Waals surface area contributed by atoms with E-state index < -0.39 is 0 Å². The number of pyridine rings is 1. The van der Waals surface area contributed by atoms with Gasteiger partial charge in [-0.25, -0.2) is 9.37 Å². The van der Waals surface area contributed by atoms with Crippen LogP contribution in [0.1, 0.15) is 16.7 Å². The Morgan fingerprint density at radius 2 is 2.15 bits per heavy atom. The zero-order valence-corrected chi connectivity index (χ0v) is 11.1. The van der Waals surface area contributed by atoms with Gasteiger partial charge in [0, 0.05) is 25.4 Å². The molecule has 0 spiro atoms. The lowest BCUT2D eigenvalue weighted by Crippen LogP contribution is -2.14. The van der Waals surface area contributed by atoms with E-state index in [1.54, 1.807) is 19.4 Å². The predicted molar refractivity (Wildman–Crippen MR) is 72.4 cm³/mol. The quantitative estimate of drug-likeness (QED) is 0.907. The summed E-state index contributed by atoms with van der Waals surface area (Å²) >= 11 is 0. The Balaban J connectivity index is 1.95. The third kappa shape index (κ3) is 3.53. The average molecular weight is 271 g/mol. The van der Waals surface area contributed by atoms with Gasteiger partial charge in [-0.1, -0.05) is 6.07 Å². The van der Waals surface area contributed by atoms with Crippen LogP contribution in [0, 0.1) is 17.1 Å². The molecule has 0 bridgehead atoms. The van der Waals surface area contributed by atoms with Gasteiger partial charge < -0.3 is 10.1 Å². The second-order valence-electron chi connectivity index (χ2n) is 4.23. The molecule has 0 atom stereocenters. The molecule has 0 saturated carbocycles. The first-order valence-electron chi connectivity index (χ1n) is 6.11. The predicted octanol–water partition coefficient (Wildman–Crippen LogP) is 2.39. The van der Waals surface area contributed by atoms with Crippen molar-refractivity contribution in [1.82, 2.24) is 10.3 Å². The van der Waals surface area contributed by atoms with Crippen LogP contribution in [0.2, 0.25) is 0 Å². The van der Waals surface area contributed by atoms with Crippen LogP contribution in [-0.4, -0.2) is 12.1 Å². The van der Waals surface area contributed by atoms with E-state index in [9.17, 15) is 4.39 Å². The van der Waals surface area contributed by atoms with Crippen molar-refractivity contribution in [2.75, 3.05) is 7.11 Å². The number of methoxy groups -OCH3 is 1. The van der Waals surface area contributed by atoms with Crippen molar-refractivity contribution in [3.8, 4) is 11.9 Å². The number of halogens is 1. The van der Waals surface area contributed by atoms with Crippen molar-refractivity contribution in [2.24, 2.45) is 0 Å². The van der Waals surface area contributed by atoms with Gasteiger partial charge in [0.05, 0.1) is 18.7 Å². The molecule has 20 heavy (non-hydrogen) atoms. The Kier molecular flexibility index (Phi) is 4.64. The summed E-state index contributed by atoms with van der Waals surface area (Å²) in [6.07, 6.45) is 1.71. The van der Waals surface area contributed by atoms with Crippen LogP contribution in [0.3, 0.4) is 0 Å². The summed E-state index contributed by atoms with van der Waals surface area (Å²) in [7, 11) is 1.56. The van der Waals surface area contributed by atoms with E-state index in [0.717, 1.165) is 5.56 Å². The van der Waals surface area contributed by atoms with Gasteiger partial charge in [0.1, 0.15) is 5.82 Å². The van der Waals surface area contributed by atoms with Gasteiger partial charge in [0.2, 0.25) is 5.88 Å². The molecule has 0 unspecified atom stereocenters. The lowest BCUT2D eigenvalue weighted by atomic mass is 10.1. The van der Waals surface area contributed by atoms with Gasteiger partial charge >= 0.3 is 0 Å². The van der Waals surface area contributed by atoms with E-state index in [2.05, 4.69) is 16.4 Å². The monoisotopic (exact) mass is 271 g/mol. The van der Waals surface area contributed by atoms with Crippen LogP contribution >= 0.6 is 0 Å². The molecule has 0 aliphatic rings. The minimum absolute atomic E-state index is 0.341. The van der Waals surface area contributed by atoms with Crippen molar-refractivity contribution in [3.63, 3.8) is 0 Å². The van der Waals surface area contributed by atoms with Crippen molar-refractivity contribution in [1.29, 1.82) is 5.26 Å². The van der Waals surface area contributed by atoms with E-state index in [1.807, 2.05) is 6.07 Å². The summed E-state index contributed by atoms with van der Waals surface area (Å²) in [4.78, 5) is 4.10. The molecule has 1 aromatic heterocycles. The zero-order chi connectivity index (χ0) is 14.4. The molecule has 1 heterocycles. The molecule has 1 N–H and O–H groups in total. The molecule has 0 radical (unpaired) electrons. The second kappa shape index (κ2) is 6.64. The van der Waals surface area contributed by atoms with Gasteiger partial charge in [0.25, 0.3) is 0 Å². The van der Waals surface area contributed by atoms with E-state index in [0.29, 0.717) is 30.1 Å². The van der Waals surface area contributed by atoms with E-state index in [4.69, 9.17) is 10.00 Å². The number of nitrogens with one attached hydrogen (secondary N) is 1. The Morgan fingerprint density at radius 1 is 1.30 bits per heavy atom. The smallest absolute Gasteiger partial charge is 0.212 e. The van der Waals surface area contributed by atoms with Crippen LogP contribution in [0.4, 0.5) is 4.39 Å². The lowest BCUT2D eigenvalue weighted by Gasteiger charge is -2.07. The lowest BCUT2D eigenvalue weighted by molar-refractivity contribution is 0.397. The summed E-state index contributed by atoms with van der Waals surface area (Å²) < 4.78 is 18.1. The number of nitriles is 1. The summed E-state index contributed by atoms with van der Waals surface area (Å²) in [6.45, 7) is 1.01. The molecule has 1 aromatic carbocycles. The Hall–Kier alpha value is -2.45. The molecule has 4 nitrogen and oxygen atoms in total. The molecule has 0 aliphatic carbocycles. The Morgan fingerprint density at radius 3 is 2.80 bits per heavy atom. The number of rotatable bonds is 5. The van der Waals surface area contributed by atoms with Crippen LogP contribution in [0.5, 0.6) is 5.88 Å². The maximum atomic E-state index is 13.2. The minimum Gasteiger partial charge on any atom is -0.481 e. The molecule has 0 saturated heterocycles. The van der Waals surface area contributed by atoms with Gasteiger partial charge in [-0.15, -0.1) is 0 Å². The fourth-order valence-electron chi connectivity index (χ4n) is 1.80. The minimum atomic E-state index is -0.341. The fraction of sp³-hybridized carbons (Fsp3) is 0.200. The number of nitrogens with zero attached hydrogens (tertiary/aromatic N) is 2. The highest BCUT2D eigenvalue weighted by atomic mass is 19.1. The van der Waals surface area contributed by atoms with Crippen molar-refractivity contribution in [3.05, 3.63) is 59.0 Å². The van der Waals surface area contributed by atoms with Gasteiger partial charge in [0.15, 0.2) is 0 Å². The van der Waals surface area contributed by atoms with Crippen LogP contribution < -0.4 is 10.1 Å². The van der Waals surface area contributed by atoms with Crippen LogP contribution in [0.15, 0.2) is 36.5 Å². The average Bonchev–Trinajstić information content (AvgIpc) is 2.48. The topological polar surface area (TPSA) is 57.9 Å². The zero-order valence-electron chi connectivity index (χ0n) is 11.1. The molecule has 0 amide bonds. The fourth-order valence-corrected chi connectivity index (χ4v) is 1.80. The summed E-state index contributed by atoms with van der Waals surface area (Å²) in [6, 6.07) is 9.87. The van der Waals surface area contributed by atoms with E-state index >= 15 is 0 Å². The van der Waals surface area contributed by atoms with Gasteiger partial charge in [-0.05, 0) is 29.3 Å². The van der Waals surface area contributed by atoms with Crippen molar-refractivity contribution < 1.29 is 9.13 Å². The summed E-state index contributed by atoms with van der Waals surface area (Å²) in [5, 5.41) is 12.1. The number of aromatic nitrogens is 1.